The van der Waals surface area contributed by atoms with Crippen LogP contribution < -0.4 is 10.1 Å². The van der Waals surface area contributed by atoms with Crippen LogP contribution in [0.15, 0.2) is 18.2 Å². The second-order valence-electron chi connectivity index (χ2n) is 4.69. The molecule has 0 fully saturated rings. The highest BCUT2D eigenvalue weighted by molar-refractivity contribution is 5.73. The predicted molar refractivity (Wildman–Crippen MR) is 74.5 cm³/mol. The summed E-state index contributed by atoms with van der Waals surface area (Å²) in [7, 11) is 5.19. The lowest BCUT2D eigenvalue weighted by Crippen LogP contribution is -2.43. The number of nitrogens with one attached hydrogen (secondary N) is 1. The molecule has 0 spiro atoms. The normalized spacial score (nSPS) is 12.5. The second-order valence-corrected chi connectivity index (χ2v) is 4.69. The molecule has 5 nitrogen and oxygen atoms in total. The van der Waals surface area contributed by atoms with E-state index in [2.05, 4.69) is 11.4 Å². The molecule has 0 heterocycles. The fraction of sp³-hybridized carbons (Fsp3) is 0.500. The van der Waals surface area contributed by atoms with Crippen LogP contribution in [0.2, 0.25) is 0 Å². The third kappa shape index (κ3) is 4.54. The molecule has 1 aromatic carbocycles. The maximum Gasteiger partial charge on any atom is 0.322 e. The monoisotopic (exact) mass is 266 g/mol. The molecule has 0 radical (unpaired) electrons. The summed E-state index contributed by atoms with van der Waals surface area (Å²) in [5.41, 5.74) is 2.22. The van der Waals surface area contributed by atoms with Crippen LogP contribution in [0.25, 0.3) is 0 Å². The number of ether oxygens (including phenoxy) is 1. The molecule has 2 N–H and O–H groups in total. The topological polar surface area (TPSA) is 61.8 Å². The Morgan fingerprint density at radius 1 is 1.53 bits per heavy atom. The van der Waals surface area contributed by atoms with Crippen molar-refractivity contribution < 1.29 is 14.6 Å². The van der Waals surface area contributed by atoms with Gasteiger partial charge in [0.15, 0.2) is 0 Å². The van der Waals surface area contributed by atoms with Gasteiger partial charge in [0, 0.05) is 18.7 Å². The smallest absolute Gasteiger partial charge is 0.322 e. The van der Waals surface area contributed by atoms with Crippen LogP contribution in [0.1, 0.15) is 11.1 Å². The van der Waals surface area contributed by atoms with E-state index in [9.17, 15) is 4.79 Å². The zero-order chi connectivity index (χ0) is 14.4. The van der Waals surface area contributed by atoms with Crippen LogP contribution in [0.5, 0.6) is 5.75 Å². The van der Waals surface area contributed by atoms with Gasteiger partial charge in [0.25, 0.3) is 0 Å². The predicted octanol–water partition coefficient (Wildman–Crippen LogP) is 1.11. The Kier molecular flexibility index (Phi) is 5.79. The van der Waals surface area contributed by atoms with E-state index in [1.54, 1.807) is 14.2 Å². The second kappa shape index (κ2) is 7.11. The van der Waals surface area contributed by atoms with Gasteiger partial charge in [-0.15, -0.1) is 0 Å². The van der Waals surface area contributed by atoms with Crippen molar-refractivity contribution in [3.8, 4) is 5.75 Å². The Morgan fingerprint density at radius 3 is 2.74 bits per heavy atom. The molecule has 0 bridgehead atoms. The van der Waals surface area contributed by atoms with E-state index >= 15 is 0 Å². The fourth-order valence-corrected chi connectivity index (χ4v) is 1.99. The molecule has 0 aliphatic heterocycles. The molecule has 0 saturated heterocycles. The number of aliphatic carboxylic acids is 1. The summed E-state index contributed by atoms with van der Waals surface area (Å²) in [4.78, 5) is 12.9. The molecular weight excluding hydrogens is 244 g/mol. The summed E-state index contributed by atoms with van der Waals surface area (Å²) in [5, 5.41) is 11.8. The number of carboxylic acid groups (broad SMARTS) is 1. The Labute approximate surface area is 114 Å². The van der Waals surface area contributed by atoms with Gasteiger partial charge in [-0.2, -0.15) is 0 Å². The summed E-state index contributed by atoms with van der Waals surface area (Å²) < 4.78 is 5.32. The molecule has 1 aromatic rings. The molecule has 1 rings (SSSR count). The van der Waals surface area contributed by atoms with Crippen LogP contribution in [-0.4, -0.2) is 49.8 Å². The molecular formula is C14H22N2O3. The average Bonchev–Trinajstić information content (AvgIpc) is 2.35. The van der Waals surface area contributed by atoms with Gasteiger partial charge in [0.2, 0.25) is 0 Å². The molecule has 1 atom stereocenters. The van der Waals surface area contributed by atoms with Crippen molar-refractivity contribution in [1.82, 2.24) is 10.2 Å². The van der Waals surface area contributed by atoms with Gasteiger partial charge in [-0.3, -0.25) is 9.69 Å². The van der Waals surface area contributed by atoms with E-state index in [4.69, 9.17) is 9.84 Å². The standard InChI is InChI=1S/C14H22N2O3/c1-10-5-6-13(19-4)11(7-10)8-16(3)9-12(15-2)14(17)18/h5-7,12,15H,8-9H2,1-4H3,(H,17,18). The Hall–Kier alpha value is -1.59. The number of benzene rings is 1. The van der Waals surface area contributed by atoms with Crippen molar-refractivity contribution in [2.24, 2.45) is 0 Å². The van der Waals surface area contributed by atoms with Gasteiger partial charge in [-0.1, -0.05) is 17.7 Å². The SMILES string of the molecule is CNC(CN(C)Cc1cc(C)ccc1OC)C(=O)O. The summed E-state index contributed by atoms with van der Waals surface area (Å²) in [6.07, 6.45) is 0. The third-order valence-corrected chi connectivity index (χ3v) is 3.02. The maximum atomic E-state index is 11.0. The molecule has 106 valence electrons. The highest BCUT2D eigenvalue weighted by Gasteiger charge is 2.17. The van der Waals surface area contributed by atoms with Crippen LogP contribution in [0.4, 0.5) is 0 Å². The maximum absolute atomic E-state index is 11.0. The van der Waals surface area contributed by atoms with Crippen molar-refractivity contribution in [3.63, 3.8) is 0 Å². The van der Waals surface area contributed by atoms with Gasteiger partial charge < -0.3 is 15.2 Å². The number of hydrogen-bond acceptors (Lipinski definition) is 4. The third-order valence-electron chi connectivity index (χ3n) is 3.02. The highest BCUT2D eigenvalue weighted by Crippen LogP contribution is 2.20. The molecule has 1 unspecified atom stereocenters. The van der Waals surface area contributed by atoms with Crippen LogP contribution in [0, 0.1) is 6.92 Å². The first-order chi connectivity index (χ1) is 8.97. The lowest BCUT2D eigenvalue weighted by Gasteiger charge is -2.22. The van der Waals surface area contributed by atoms with Crippen molar-refractivity contribution in [1.29, 1.82) is 0 Å². The minimum absolute atomic E-state index is 0.433. The zero-order valence-electron chi connectivity index (χ0n) is 11.9. The number of carboxylic acids is 1. The van der Waals surface area contributed by atoms with Crippen LogP contribution in [-0.2, 0) is 11.3 Å². The Bertz CT molecular complexity index is 435. The largest absolute Gasteiger partial charge is 0.496 e. The average molecular weight is 266 g/mol. The summed E-state index contributed by atoms with van der Waals surface area (Å²) in [5.74, 6) is -0.0145. The van der Waals surface area contributed by atoms with Crippen LogP contribution >= 0.6 is 0 Å². The molecule has 0 aliphatic carbocycles. The highest BCUT2D eigenvalue weighted by atomic mass is 16.5. The van der Waals surface area contributed by atoms with Crippen LogP contribution in [0.3, 0.4) is 0 Å². The van der Waals surface area contributed by atoms with E-state index in [-0.39, 0.29) is 0 Å². The van der Waals surface area contributed by atoms with E-state index in [1.165, 1.54) is 0 Å². The van der Waals surface area contributed by atoms with Gasteiger partial charge in [0.05, 0.1) is 7.11 Å². The fourth-order valence-electron chi connectivity index (χ4n) is 1.99. The van der Waals surface area contributed by atoms with Gasteiger partial charge in [0.1, 0.15) is 11.8 Å². The van der Waals surface area contributed by atoms with Crippen molar-refractivity contribution in [2.75, 3.05) is 27.7 Å². The number of carbonyl (C=O) groups is 1. The summed E-state index contributed by atoms with van der Waals surface area (Å²) in [6.45, 7) is 3.11. The number of aryl methyl sites for hydroxylation is 1. The molecule has 0 aromatic heterocycles. The first kappa shape index (κ1) is 15.5. The van der Waals surface area contributed by atoms with E-state index < -0.39 is 12.0 Å². The Morgan fingerprint density at radius 2 is 2.21 bits per heavy atom. The molecule has 0 saturated carbocycles. The first-order valence-corrected chi connectivity index (χ1v) is 6.20. The Balaban J connectivity index is 2.73. The van der Waals surface area contributed by atoms with Crippen molar-refractivity contribution >= 4 is 5.97 Å². The molecule has 0 aliphatic rings. The summed E-state index contributed by atoms with van der Waals surface area (Å²) in [6, 6.07) is 5.42. The number of methoxy groups -OCH3 is 1. The van der Waals surface area contributed by atoms with Crippen molar-refractivity contribution in [3.05, 3.63) is 29.3 Å². The van der Waals surface area contributed by atoms with Gasteiger partial charge in [-0.25, -0.2) is 0 Å². The van der Waals surface area contributed by atoms with E-state index in [1.807, 2.05) is 31.0 Å². The minimum atomic E-state index is -0.842. The lowest BCUT2D eigenvalue weighted by atomic mass is 10.1. The molecule has 19 heavy (non-hydrogen) atoms. The lowest BCUT2D eigenvalue weighted by molar-refractivity contribution is -0.139. The first-order valence-electron chi connectivity index (χ1n) is 6.20. The number of likely N-dealkylation sites (N-methyl/N-ethyl adjacent to an activating group) is 2. The quantitative estimate of drug-likeness (QED) is 0.774. The number of rotatable bonds is 7. The number of nitrogens with zero attached hydrogens (tertiary/aromatic N) is 1. The minimum Gasteiger partial charge on any atom is -0.496 e. The van der Waals surface area contributed by atoms with Gasteiger partial charge >= 0.3 is 5.97 Å². The van der Waals surface area contributed by atoms with E-state index in [0.717, 1.165) is 16.9 Å². The van der Waals surface area contributed by atoms with Gasteiger partial charge in [-0.05, 0) is 27.1 Å². The van der Waals surface area contributed by atoms with Crippen molar-refractivity contribution in [2.45, 2.75) is 19.5 Å². The molecule has 5 heteroatoms. The number of hydrogen-bond donors (Lipinski definition) is 2. The van der Waals surface area contributed by atoms with E-state index in [0.29, 0.717) is 13.1 Å². The zero-order valence-corrected chi connectivity index (χ0v) is 11.9. The summed E-state index contributed by atoms with van der Waals surface area (Å²) >= 11 is 0. The molecule has 0 amide bonds.